The number of nitrogens with zero attached hydrogens (tertiary/aromatic N) is 1. The molecule has 1 unspecified atom stereocenters. The first-order valence-electron chi connectivity index (χ1n) is 9.03. The van der Waals surface area contributed by atoms with Crippen LogP contribution in [0.2, 0.25) is 0 Å². The molecule has 148 valence electrons. The van der Waals surface area contributed by atoms with E-state index in [4.69, 9.17) is 4.74 Å². The van der Waals surface area contributed by atoms with Crippen LogP contribution in [0.5, 0.6) is 0 Å². The Morgan fingerprint density at radius 1 is 1.04 bits per heavy atom. The van der Waals surface area contributed by atoms with Crippen LogP contribution in [0.3, 0.4) is 0 Å². The Morgan fingerprint density at radius 3 is 2.30 bits per heavy atom. The monoisotopic (exact) mass is 483 g/mol. The number of guanidine groups is 1. The normalized spacial score (nSPS) is 13.4. The molecule has 0 bridgehead atoms. The zero-order valence-corrected chi connectivity index (χ0v) is 18.4. The molecular formula is C21H30IN3O2. The van der Waals surface area contributed by atoms with Gasteiger partial charge in [-0.15, -0.1) is 24.0 Å². The maximum Gasteiger partial charge on any atom is 0.191 e. The molecule has 6 heteroatoms. The van der Waals surface area contributed by atoms with Crippen LogP contribution < -0.4 is 10.6 Å². The van der Waals surface area contributed by atoms with Crippen LogP contribution in [0.25, 0.3) is 0 Å². The highest BCUT2D eigenvalue weighted by atomic mass is 127. The van der Waals surface area contributed by atoms with E-state index >= 15 is 0 Å². The third kappa shape index (κ3) is 8.73. The van der Waals surface area contributed by atoms with E-state index in [2.05, 4.69) is 15.6 Å². The van der Waals surface area contributed by atoms with Gasteiger partial charge in [0.05, 0.1) is 19.8 Å². The number of hydrogen-bond acceptors (Lipinski definition) is 3. The summed E-state index contributed by atoms with van der Waals surface area (Å²) in [5.41, 5.74) is 1.01. The van der Waals surface area contributed by atoms with Crippen LogP contribution in [-0.4, -0.2) is 37.3 Å². The van der Waals surface area contributed by atoms with Crippen molar-refractivity contribution in [2.24, 2.45) is 4.99 Å². The maximum absolute atomic E-state index is 10.7. The van der Waals surface area contributed by atoms with Crippen molar-refractivity contribution in [3.8, 4) is 0 Å². The first-order valence-corrected chi connectivity index (χ1v) is 9.03. The van der Waals surface area contributed by atoms with E-state index in [1.807, 2.05) is 67.6 Å². The minimum absolute atomic E-state index is 0. The summed E-state index contributed by atoms with van der Waals surface area (Å²) in [6.07, 6.45) is 0. The summed E-state index contributed by atoms with van der Waals surface area (Å²) in [7, 11) is 0. The van der Waals surface area contributed by atoms with Gasteiger partial charge in [0, 0.05) is 13.1 Å². The number of benzene rings is 2. The van der Waals surface area contributed by atoms with Gasteiger partial charge in [-0.2, -0.15) is 0 Å². The van der Waals surface area contributed by atoms with Crippen LogP contribution in [0.15, 0.2) is 65.7 Å². The molecule has 2 rings (SSSR count). The van der Waals surface area contributed by atoms with Gasteiger partial charge in [0.1, 0.15) is 5.60 Å². The van der Waals surface area contributed by atoms with Crippen molar-refractivity contribution < 1.29 is 9.84 Å². The van der Waals surface area contributed by atoms with Crippen LogP contribution in [0.4, 0.5) is 0 Å². The molecule has 0 spiro atoms. The molecule has 1 atom stereocenters. The summed E-state index contributed by atoms with van der Waals surface area (Å²) in [5.74, 6) is 0.673. The van der Waals surface area contributed by atoms with Crippen molar-refractivity contribution in [3.63, 3.8) is 0 Å². The molecule has 0 heterocycles. The first kappa shape index (κ1) is 23.4. The molecule has 27 heavy (non-hydrogen) atoms. The molecule has 2 aromatic carbocycles. The van der Waals surface area contributed by atoms with Gasteiger partial charge >= 0.3 is 0 Å². The summed E-state index contributed by atoms with van der Waals surface area (Å²) >= 11 is 0. The van der Waals surface area contributed by atoms with Gasteiger partial charge < -0.3 is 20.5 Å². The molecule has 0 fully saturated rings. The fraction of sp³-hybridized carbons (Fsp3) is 0.381. The second kappa shape index (κ2) is 12.7. The van der Waals surface area contributed by atoms with Gasteiger partial charge in [0.2, 0.25) is 0 Å². The van der Waals surface area contributed by atoms with E-state index in [1.165, 1.54) is 0 Å². The summed E-state index contributed by atoms with van der Waals surface area (Å²) in [4.78, 5) is 4.51. The lowest BCUT2D eigenvalue weighted by Gasteiger charge is -2.22. The summed E-state index contributed by atoms with van der Waals surface area (Å²) in [6, 6.07) is 19.7. The Hall–Kier alpha value is -1.64. The average molecular weight is 483 g/mol. The van der Waals surface area contributed by atoms with Gasteiger partial charge in [-0.3, -0.25) is 0 Å². The van der Waals surface area contributed by atoms with Crippen molar-refractivity contribution in [2.75, 3.05) is 26.2 Å². The first-order chi connectivity index (χ1) is 12.6. The smallest absolute Gasteiger partial charge is 0.191 e. The number of halogens is 1. The predicted octanol–water partition coefficient (Wildman–Crippen LogP) is 3.28. The summed E-state index contributed by atoms with van der Waals surface area (Å²) < 4.78 is 5.67. The Morgan fingerprint density at radius 2 is 1.67 bits per heavy atom. The van der Waals surface area contributed by atoms with Crippen LogP contribution in [0, 0.1) is 0 Å². The minimum atomic E-state index is -1.01. The fourth-order valence-corrected chi connectivity index (χ4v) is 2.47. The van der Waals surface area contributed by atoms with Crippen LogP contribution in [0.1, 0.15) is 25.0 Å². The molecule has 0 aliphatic heterocycles. The maximum atomic E-state index is 10.7. The molecular weight excluding hydrogens is 453 g/mol. The van der Waals surface area contributed by atoms with Gasteiger partial charge in [-0.1, -0.05) is 60.7 Å². The lowest BCUT2D eigenvalue weighted by Crippen LogP contribution is -2.40. The summed E-state index contributed by atoms with van der Waals surface area (Å²) in [5, 5.41) is 17.1. The van der Waals surface area contributed by atoms with Crippen LogP contribution in [-0.2, 0) is 16.9 Å². The number of aliphatic imine (C=N–C) groups is 1. The predicted molar refractivity (Wildman–Crippen MR) is 122 cm³/mol. The second-order valence-electron chi connectivity index (χ2n) is 6.30. The van der Waals surface area contributed by atoms with Crippen molar-refractivity contribution in [3.05, 3.63) is 71.8 Å². The molecule has 0 aromatic heterocycles. The molecule has 0 radical (unpaired) electrons. The molecule has 2 aromatic rings. The van der Waals surface area contributed by atoms with E-state index in [0.29, 0.717) is 25.7 Å². The SMILES string of the molecule is CCNC(=NCC(C)(O)c1ccccc1)NCCOCc1ccccc1.I. The van der Waals surface area contributed by atoms with E-state index in [9.17, 15) is 5.11 Å². The molecule has 0 aliphatic carbocycles. The van der Waals surface area contributed by atoms with Gasteiger partial charge in [-0.25, -0.2) is 4.99 Å². The lowest BCUT2D eigenvalue weighted by molar-refractivity contribution is 0.0672. The fourth-order valence-electron chi connectivity index (χ4n) is 2.47. The molecule has 0 aliphatic rings. The van der Waals surface area contributed by atoms with E-state index in [-0.39, 0.29) is 30.5 Å². The van der Waals surface area contributed by atoms with Crippen molar-refractivity contribution in [1.82, 2.24) is 10.6 Å². The Bertz CT molecular complexity index is 664. The highest BCUT2D eigenvalue weighted by molar-refractivity contribution is 14.0. The number of aliphatic hydroxyl groups is 1. The van der Waals surface area contributed by atoms with Crippen molar-refractivity contribution in [1.29, 1.82) is 0 Å². The van der Waals surface area contributed by atoms with Gasteiger partial charge in [-0.05, 0) is 25.0 Å². The van der Waals surface area contributed by atoms with E-state index in [0.717, 1.165) is 17.7 Å². The molecule has 5 nitrogen and oxygen atoms in total. The number of nitrogens with one attached hydrogen (secondary N) is 2. The Balaban J connectivity index is 0.00000364. The Kier molecular flexibility index (Phi) is 11.0. The Labute approximate surface area is 179 Å². The average Bonchev–Trinajstić information content (AvgIpc) is 2.67. The highest BCUT2D eigenvalue weighted by Gasteiger charge is 2.22. The second-order valence-corrected chi connectivity index (χ2v) is 6.30. The number of hydrogen-bond donors (Lipinski definition) is 3. The molecule has 0 saturated carbocycles. The lowest BCUT2D eigenvalue weighted by atomic mass is 9.96. The van der Waals surface area contributed by atoms with Crippen LogP contribution >= 0.6 is 24.0 Å². The van der Waals surface area contributed by atoms with Gasteiger partial charge in [0.15, 0.2) is 5.96 Å². The molecule has 3 N–H and O–H groups in total. The molecule has 0 saturated heterocycles. The quantitative estimate of drug-likeness (QED) is 0.222. The zero-order chi connectivity index (χ0) is 18.7. The highest BCUT2D eigenvalue weighted by Crippen LogP contribution is 2.20. The standard InChI is InChI=1S/C21H29N3O2.HI/c1-3-22-20(23-14-15-26-16-18-10-6-4-7-11-18)24-17-21(2,25)19-12-8-5-9-13-19;/h4-13,25H,3,14-17H2,1-2H3,(H2,22,23,24);1H. The third-order valence-corrected chi connectivity index (χ3v) is 3.94. The topological polar surface area (TPSA) is 65.9 Å². The summed E-state index contributed by atoms with van der Waals surface area (Å²) in [6.45, 7) is 6.64. The largest absolute Gasteiger partial charge is 0.384 e. The zero-order valence-electron chi connectivity index (χ0n) is 16.0. The molecule has 0 amide bonds. The van der Waals surface area contributed by atoms with E-state index < -0.39 is 5.60 Å². The number of ether oxygens (including phenoxy) is 1. The van der Waals surface area contributed by atoms with Gasteiger partial charge in [0.25, 0.3) is 0 Å². The third-order valence-electron chi connectivity index (χ3n) is 3.94. The van der Waals surface area contributed by atoms with Crippen molar-refractivity contribution in [2.45, 2.75) is 26.1 Å². The minimum Gasteiger partial charge on any atom is -0.384 e. The number of rotatable bonds is 9. The van der Waals surface area contributed by atoms with E-state index in [1.54, 1.807) is 6.92 Å². The van der Waals surface area contributed by atoms with Crippen molar-refractivity contribution >= 4 is 29.9 Å².